The number of halogens is 2. The summed E-state index contributed by atoms with van der Waals surface area (Å²) in [6.07, 6.45) is 1.75. The fraction of sp³-hybridized carbons (Fsp3) is 0.500. The second kappa shape index (κ2) is 10.3. The number of alkyl halides is 1. The van der Waals surface area contributed by atoms with Gasteiger partial charge in [0.25, 0.3) is 5.91 Å². The van der Waals surface area contributed by atoms with Gasteiger partial charge in [0.1, 0.15) is 12.4 Å². The molecule has 0 radical (unpaired) electrons. The Labute approximate surface area is 184 Å². The molecule has 1 aliphatic rings. The van der Waals surface area contributed by atoms with Gasteiger partial charge in [-0.1, -0.05) is 43.3 Å². The van der Waals surface area contributed by atoms with Gasteiger partial charge in [0.2, 0.25) is 10.8 Å². The van der Waals surface area contributed by atoms with Gasteiger partial charge in [-0.05, 0) is 49.3 Å². The Morgan fingerprint density at radius 1 is 1.27 bits per heavy atom. The van der Waals surface area contributed by atoms with E-state index in [2.05, 4.69) is 20.6 Å². The molecule has 7 nitrogen and oxygen atoms in total. The van der Waals surface area contributed by atoms with E-state index < -0.39 is 16.6 Å². The summed E-state index contributed by atoms with van der Waals surface area (Å²) >= 11 is 7.79. The number of ether oxygens (including phenoxy) is 1. The van der Waals surface area contributed by atoms with E-state index in [0.29, 0.717) is 11.1 Å². The molecule has 0 saturated heterocycles. The SMILES string of the molecule is CSC1=NC(=O)C(Cl)(C(C)C)C(OCc2ccc(F)cc2CNC(=O)NC(C)C)=N1. The summed E-state index contributed by atoms with van der Waals surface area (Å²) in [7, 11) is 0. The lowest BCUT2D eigenvalue weighted by Gasteiger charge is -2.31. The maximum absolute atomic E-state index is 13.8. The van der Waals surface area contributed by atoms with Crippen molar-refractivity contribution in [2.24, 2.45) is 15.9 Å². The van der Waals surface area contributed by atoms with E-state index in [0.717, 1.165) is 0 Å². The number of hydrogen-bond donors (Lipinski definition) is 2. The number of carbonyl (C=O) groups excluding carboxylic acids is 2. The molecule has 0 fully saturated rings. The zero-order valence-electron chi connectivity index (χ0n) is 17.6. The Kier molecular flexibility index (Phi) is 8.25. The summed E-state index contributed by atoms with van der Waals surface area (Å²) in [5, 5.41) is 5.66. The zero-order valence-corrected chi connectivity index (χ0v) is 19.2. The van der Waals surface area contributed by atoms with Crippen LogP contribution < -0.4 is 10.6 Å². The molecule has 0 aliphatic carbocycles. The number of hydrogen-bond acceptors (Lipinski definition) is 5. The second-order valence-corrected chi connectivity index (χ2v) is 8.74. The van der Waals surface area contributed by atoms with Crippen LogP contribution in [0.3, 0.4) is 0 Å². The Balaban J connectivity index is 2.21. The van der Waals surface area contributed by atoms with E-state index in [-0.39, 0.29) is 42.2 Å². The number of carbonyl (C=O) groups is 2. The van der Waals surface area contributed by atoms with Crippen LogP contribution in [-0.4, -0.2) is 40.2 Å². The third kappa shape index (κ3) is 5.72. The van der Waals surface area contributed by atoms with Crippen molar-refractivity contribution >= 4 is 46.4 Å². The van der Waals surface area contributed by atoms with E-state index in [9.17, 15) is 14.0 Å². The first-order chi connectivity index (χ1) is 14.1. The molecule has 2 N–H and O–H groups in total. The van der Waals surface area contributed by atoms with Crippen molar-refractivity contribution in [2.45, 2.75) is 51.8 Å². The number of amides is 3. The summed E-state index contributed by atoms with van der Waals surface area (Å²) in [6, 6.07) is 3.81. The van der Waals surface area contributed by atoms with Crippen LogP contribution >= 0.6 is 23.4 Å². The number of amidine groups is 1. The molecule has 0 saturated carbocycles. The molecule has 1 unspecified atom stereocenters. The standard InChI is InChI=1S/C20H26ClFN4O3S/c1-11(2)20(21)16(27)25-19(30-5)26-17(20)29-10-13-6-7-15(22)8-14(13)9-23-18(28)24-12(3)4/h6-8,11-12H,9-10H2,1-5H3,(H2,23,24,28). The van der Waals surface area contributed by atoms with Gasteiger partial charge in [0, 0.05) is 12.6 Å². The van der Waals surface area contributed by atoms with Gasteiger partial charge >= 0.3 is 6.03 Å². The molecule has 2 rings (SSSR count). The monoisotopic (exact) mass is 456 g/mol. The molecule has 3 amide bonds. The first-order valence-electron chi connectivity index (χ1n) is 9.47. The maximum atomic E-state index is 13.8. The predicted octanol–water partition coefficient (Wildman–Crippen LogP) is 3.84. The molecule has 30 heavy (non-hydrogen) atoms. The molecule has 0 aromatic heterocycles. The van der Waals surface area contributed by atoms with Gasteiger partial charge in [-0.25, -0.2) is 9.18 Å². The van der Waals surface area contributed by atoms with Gasteiger partial charge in [0.05, 0.1) is 0 Å². The molecule has 1 aromatic carbocycles. The molecule has 1 aromatic rings. The lowest BCUT2D eigenvalue weighted by atomic mass is 9.93. The minimum atomic E-state index is -1.51. The third-order valence-electron chi connectivity index (χ3n) is 4.39. The Morgan fingerprint density at radius 2 is 1.97 bits per heavy atom. The van der Waals surface area contributed by atoms with Crippen molar-refractivity contribution in [1.82, 2.24) is 10.6 Å². The lowest BCUT2D eigenvalue weighted by molar-refractivity contribution is -0.120. The fourth-order valence-electron chi connectivity index (χ4n) is 2.71. The highest BCUT2D eigenvalue weighted by atomic mass is 35.5. The quantitative estimate of drug-likeness (QED) is 0.636. The number of nitrogens with one attached hydrogen (secondary N) is 2. The van der Waals surface area contributed by atoms with E-state index in [1.165, 1.54) is 23.9 Å². The Bertz CT molecular complexity index is 876. The Morgan fingerprint density at radius 3 is 2.57 bits per heavy atom. The second-order valence-electron chi connectivity index (χ2n) is 7.37. The van der Waals surface area contributed by atoms with Crippen LogP contribution in [0.25, 0.3) is 0 Å². The molecular weight excluding hydrogens is 431 g/mol. The number of aliphatic imine (C=N–C) groups is 2. The average Bonchev–Trinajstić information content (AvgIpc) is 2.67. The van der Waals surface area contributed by atoms with Crippen LogP contribution in [-0.2, 0) is 22.7 Å². The van der Waals surface area contributed by atoms with Crippen molar-refractivity contribution in [3.8, 4) is 0 Å². The largest absolute Gasteiger partial charge is 0.474 e. The smallest absolute Gasteiger partial charge is 0.315 e. The minimum Gasteiger partial charge on any atom is -0.474 e. The average molecular weight is 457 g/mol. The van der Waals surface area contributed by atoms with Gasteiger partial charge in [0.15, 0.2) is 5.17 Å². The summed E-state index contributed by atoms with van der Waals surface area (Å²) < 4.78 is 19.6. The summed E-state index contributed by atoms with van der Waals surface area (Å²) in [5.41, 5.74) is 1.17. The molecule has 1 atom stereocenters. The fourth-order valence-corrected chi connectivity index (χ4v) is 3.20. The van der Waals surface area contributed by atoms with Crippen LogP contribution in [0.5, 0.6) is 0 Å². The van der Waals surface area contributed by atoms with E-state index >= 15 is 0 Å². The van der Waals surface area contributed by atoms with Crippen molar-refractivity contribution in [2.75, 3.05) is 6.26 Å². The molecule has 10 heteroatoms. The molecule has 1 aliphatic heterocycles. The van der Waals surface area contributed by atoms with Crippen LogP contribution in [0.2, 0.25) is 0 Å². The highest BCUT2D eigenvalue weighted by molar-refractivity contribution is 8.13. The molecule has 0 spiro atoms. The Hall–Kier alpha value is -2.13. The minimum absolute atomic E-state index is 0.00193. The van der Waals surface area contributed by atoms with Gasteiger partial charge in [-0.2, -0.15) is 9.98 Å². The number of benzene rings is 1. The number of nitrogens with zero attached hydrogens (tertiary/aromatic N) is 2. The van der Waals surface area contributed by atoms with E-state index in [1.807, 2.05) is 13.8 Å². The first kappa shape index (κ1) is 24.1. The number of rotatable bonds is 6. The van der Waals surface area contributed by atoms with Crippen molar-refractivity contribution in [1.29, 1.82) is 0 Å². The summed E-state index contributed by atoms with van der Waals surface area (Å²) in [4.78, 5) is 31.1. The van der Waals surface area contributed by atoms with Crippen molar-refractivity contribution in [3.05, 3.63) is 35.1 Å². The summed E-state index contributed by atoms with van der Waals surface area (Å²) in [5.74, 6) is -1.22. The van der Waals surface area contributed by atoms with Crippen LogP contribution in [0.1, 0.15) is 38.8 Å². The van der Waals surface area contributed by atoms with E-state index in [4.69, 9.17) is 16.3 Å². The summed E-state index contributed by atoms with van der Waals surface area (Å²) in [6.45, 7) is 7.35. The lowest BCUT2D eigenvalue weighted by Crippen LogP contribution is -2.48. The van der Waals surface area contributed by atoms with E-state index in [1.54, 1.807) is 26.2 Å². The van der Waals surface area contributed by atoms with Crippen molar-refractivity contribution in [3.63, 3.8) is 0 Å². The maximum Gasteiger partial charge on any atom is 0.315 e. The van der Waals surface area contributed by atoms with Crippen LogP contribution in [0.15, 0.2) is 28.2 Å². The first-order valence-corrected chi connectivity index (χ1v) is 11.1. The van der Waals surface area contributed by atoms with Crippen LogP contribution in [0, 0.1) is 11.7 Å². The highest BCUT2D eigenvalue weighted by Crippen LogP contribution is 2.33. The highest BCUT2D eigenvalue weighted by Gasteiger charge is 2.49. The predicted molar refractivity (Wildman–Crippen MR) is 119 cm³/mol. The molecule has 0 bridgehead atoms. The van der Waals surface area contributed by atoms with Crippen LogP contribution in [0.4, 0.5) is 9.18 Å². The zero-order chi connectivity index (χ0) is 22.5. The molecule has 1 heterocycles. The third-order valence-corrected chi connectivity index (χ3v) is 5.69. The molecule has 164 valence electrons. The normalized spacial score (nSPS) is 18.9. The number of thioether (sulfide) groups is 1. The van der Waals surface area contributed by atoms with Gasteiger partial charge in [-0.3, -0.25) is 4.79 Å². The molecular formula is C20H26ClFN4O3S. The topological polar surface area (TPSA) is 92.1 Å². The number of urea groups is 1. The van der Waals surface area contributed by atoms with Crippen molar-refractivity contribution < 1.29 is 18.7 Å². The van der Waals surface area contributed by atoms with Gasteiger partial charge < -0.3 is 15.4 Å². The van der Waals surface area contributed by atoms with Gasteiger partial charge in [-0.15, -0.1) is 0 Å².